The number of hydrogen-bond donors (Lipinski definition) is 0. The Morgan fingerprint density at radius 3 is 2.93 bits per heavy atom. The van der Waals surface area contributed by atoms with Gasteiger partial charge in [0.1, 0.15) is 5.52 Å². The Morgan fingerprint density at radius 2 is 2.21 bits per heavy atom. The van der Waals surface area contributed by atoms with E-state index in [1.165, 1.54) is 5.56 Å². The van der Waals surface area contributed by atoms with Crippen LogP contribution in [0.25, 0.3) is 11.1 Å². The van der Waals surface area contributed by atoms with Gasteiger partial charge < -0.3 is 9.15 Å². The molecule has 0 aliphatic heterocycles. The van der Waals surface area contributed by atoms with Crippen molar-refractivity contribution in [2.45, 2.75) is 20.3 Å². The van der Waals surface area contributed by atoms with Gasteiger partial charge in [0.25, 0.3) is 0 Å². The number of ether oxygens (including phenoxy) is 1. The summed E-state index contributed by atoms with van der Waals surface area (Å²) in [4.78, 5) is 4.19. The zero-order valence-electron chi connectivity index (χ0n) is 8.41. The van der Waals surface area contributed by atoms with Crippen LogP contribution in [0, 0.1) is 0 Å². The van der Waals surface area contributed by atoms with Crippen LogP contribution < -0.4 is 4.74 Å². The van der Waals surface area contributed by atoms with Crippen molar-refractivity contribution >= 4 is 11.1 Å². The van der Waals surface area contributed by atoms with Gasteiger partial charge in [-0.25, -0.2) is 0 Å². The summed E-state index contributed by atoms with van der Waals surface area (Å²) in [6.45, 7) is 4.60. The zero-order valence-corrected chi connectivity index (χ0v) is 8.41. The fourth-order valence-electron chi connectivity index (χ4n) is 1.35. The number of aromatic nitrogens is 1. The smallest absolute Gasteiger partial charge is 0.394 e. The average Bonchev–Trinajstić information content (AvgIpc) is 2.59. The van der Waals surface area contributed by atoms with E-state index in [2.05, 4.69) is 18.0 Å². The van der Waals surface area contributed by atoms with E-state index in [0.29, 0.717) is 12.7 Å². The molecule has 0 unspecified atom stereocenters. The van der Waals surface area contributed by atoms with Gasteiger partial charge in [0, 0.05) is 0 Å². The van der Waals surface area contributed by atoms with Crippen LogP contribution in [0.4, 0.5) is 0 Å². The number of oxazole rings is 1. The number of fused-ring (bicyclic) bond motifs is 1. The predicted molar refractivity (Wildman–Crippen MR) is 54.6 cm³/mol. The van der Waals surface area contributed by atoms with Crippen molar-refractivity contribution < 1.29 is 9.15 Å². The highest BCUT2D eigenvalue weighted by atomic mass is 16.6. The third kappa shape index (κ3) is 1.58. The molecule has 2 aromatic rings. The highest BCUT2D eigenvalue weighted by Crippen LogP contribution is 2.21. The maximum Gasteiger partial charge on any atom is 0.394 e. The summed E-state index contributed by atoms with van der Waals surface area (Å²) in [7, 11) is 0. The molecule has 0 atom stereocenters. The summed E-state index contributed by atoms with van der Waals surface area (Å²) >= 11 is 0. The first-order chi connectivity index (χ1) is 6.83. The minimum absolute atomic E-state index is 0.357. The molecule has 0 saturated carbocycles. The van der Waals surface area contributed by atoms with Gasteiger partial charge >= 0.3 is 6.08 Å². The van der Waals surface area contributed by atoms with Gasteiger partial charge in [-0.3, -0.25) is 0 Å². The Balaban J connectivity index is 2.43. The van der Waals surface area contributed by atoms with Crippen LogP contribution in [0.3, 0.4) is 0 Å². The fourth-order valence-corrected chi connectivity index (χ4v) is 1.35. The number of nitrogens with zero attached hydrogens (tertiary/aromatic N) is 1. The second kappa shape index (κ2) is 3.70. The van der Waals surface area contributed by atoms with Gasteiger partial charge in [0.2, 0.25) is 0 Å². The molecule has 0 fully saturated rings. The first-order valence-corrected chi connectivity index (χ1v) is 4.85. The van der Waals surface area contributed by atoms with Gasteiger partial charge in [-0.15, -0.1) is 0 Å². The summed E-state index contributed by atoms with van der Waals surface area (Å²) < 4.78 is 10.6. The molecule has 0 amide bonds. The van der Waals surface area contributed by atoms with Gasteiger partial charge in [0.05, 0.1) is 6.61 Å². The Morgan fingerprint density at radius 1 is 1.36 bits per heavy atom. The topological polar surface area (TPSA) is 35.3 Å². The number of aryl methyl sites for hydroxylation is 1. The van der Waals surface area contributed by atoms with Crippen LogP contribution in [-0.2, 0) is 6.42 Å². The second-order valence-corrected chi connectivity index (χ2v) is 3.07. The number of hydrogen-bond acceptors (Lipinski definition) is 3. The van der Waals surface area contributed by atoms with Crippen molar-refractivity contribution in [1.82, 2.24) is 4.98 Å². The van der Waals surface area contributed by atoms with Gasteiger partial charge in [-0.2, -0.15) is 4.98 Å². The SMILES string of the molecule is CCOc1nc2ccc(CC)cc2o1. The lowest BCUT2D eigenvalue weighted by atomic mass is 10.2. The lowest BCUT2D eigenvalue weighted by Gasteiger charge is -1.93. The van der Waals surface area contributed by atoms with Crippen LogP contribution in [0.2, 0.25) is 0 Å². The van der Waals surface area contributed by atoms with Crippen molar-refractivity contribution in [2.75, 3.05) is 6.61 Å². The van der Waals surface area contributed by atoms with Crippen molar-refractivity contribution in [3.63, 3.8) is 0 Å². The Hall–Kier alpha value is -1.51. The number of rotatable bonds is 3. The van der Waals surface area contributed by atoms with Crippen molar-refractivity contribution in [3.05, 3.63) is 23.8 Å². The molecule has 3 nitrogen and oxygen atoms in total. The minimum atomic E-state index is 0.357. The van der Waals surface area contributed by atoms with Crippen LogP contribution in [-0.4, -0.2) is 11.6 Å². The van der Waals surface area contributed by atoms with Crippen LogP contribution in [0.5, 0.6) is 6.08 Å². The summed E-state index contributed by atoms with van der Waals surface area (Å²) in [5, 5.41) is 0. The molecule has 2 rings (SSSR count). The van der Waals surface area contributed by atoms with E-state index in [1.807, 2.05) is 19.1 Å². The third-order valence-corrected chi connectivity index (χ3v) is 2.11. The molecule has 3 heteroatoms. The maximum atomic E-state index is 5.42. The lowest BCUT2D eigenvalue weighted by Crippen LogP contribution is -1.89. The van der Waals surface area contributed by atoms with E-state index in [9.17, 15) is 0 Å². The molecule has 0 aliphatic carbocycles. The minimum Gasteiger partial charge on any atom is -0.450 e. The molecule has 74 valence electrons. The second-order valence-electron chi connectivity index (χ2n) is 3.07. The molecule has 0 bridgehead atoms. The van der Waals surface area contributed by atoms with Crippen molar-refractivity contribution in [3.8, 4) is 6.08 Å². The first kappa shape index (κ1) is 9.06. The molecule has 0 radical (unpaired) electrons. The molecule has 1 aromatic carbocycles. The quantitative estimate of drug-likeness (QED) is 0.748. The highest BCUT2D eigenvalue weighted by molar-refractivity contribution is 5.73. The highest BCUT2D eigenvalue weighted by Gasteiger charge is 2.05. The van der Waals surface area contributed by atoms with Gasteiger partial charge in [-0.05, 0) is 31.0 Å². The van der Waals surface area contributed by atoms with E-state index in [1.54, 1.807) is 0 Å². The standard InChI is InChI=1S/C11H13NO2/c1-3-8-5-6-9-10(7-8)14-11(12-9)13-4-2/h5-7H,3-4H2,1-2H3. The molecule has 0 N–H and O–H groups in total. The molecular formula is C11H13NO2. The molecule has 1 heterocycles. The Labute approximate surface area is 82.7 Å². The monoisotopic (exact) mass is 191 g/mol. The average molecular weight is 191 g/mol. The fraction of sp³-hybridized carbons (Fsp3) is 0.364. The van der Waals surface area contributed by atoms with E-state index in [0.717, 1.165) is 17.5 Å². The summed E-state index contributed by atoms with van der Waals surface area (Å²) in [6, 6.07) is 6.02. The summed E-state index contributed by atoms with van der Waals surface area (Å²) in [5.41, 5.74) is 2.90. The summed E-state index contributed by atoms with van der Waals surface area (Å²) in [5.74, 6) is 0. The molecule has 1 aromatic heterocycles. The van der Waals surface area contributed by atoms with E-state index in [-0.39, 0.29) is 0 Å². The largest absolute Gasteiger partial charge is 0.450 e. The van der Waals surface area contributed by atoms with Crippen LogP contribution >= 0.6 is 0 Å². The molecule has 0 aliphatic rings. The van der Waals surface area contributed by atoms with Crippen LogP contribution in [0.1, 0.15) is 19.4 Å². The van der Waals surface area contributed by atoms with E-state index >= 15 is 0 Å². The Kier molecular flexibility index (Phi) is 2.39. The predicted octanol–water partition coefficient (Wildman–Crippen LogP) is 2.79. The maximum absolute atomic E-state index is 5.42. The molecular weight excluding hydrogens is 178 g/mol. The molecule has 0 saturated heterocycles. The van der Waals surface area contributed by atoms with Crippen molar-refractivity contribution in [1.29, 1.82) is 0 Å². The zero-order chi connectivity index (χ0) is 9.97. The molecule has 0 spiro atoms. The summed E-state index contributed by atoms with van der Waals surface area (Å²) in [6.07, 6.45) is 1.36. The van der Waals surface area contributed by atoms with Crippen LogP contribution in [0.15, 0.2) is 22.6 Å². The van der Waals surface area contributed by atoms with E-state index < -0.39 is 0 Å². The molecule has 14 heavy (non-hydrogen) atoms. The normalized spacial score (nSPS) is 10.7. The van der Waals surface area contributed by atoms with Crippen molar-refractivity contribution in [2.24, 2.45) is 0 Å². The lowest BCUT2D eigenvalue weighted by molar-refractivity contribution is 0.251. The number of benzene rings is 1. The Bertz CT molecular complexity index is 434. The van der Waals surface area contributed by atoms with E-state index in [4.69, 9.17) is 9.15 Å². The first-order valence-electron chi connectivity index (χ1n) is 4.85. The van der Waals surface area contributed by atoms with Gasteiger partial charge in [0.15, 0.2) is 5.58 Å². The third-order valence-electron chi connectivity index (χ3n) is 2.11. The van der Waals surface area contributed by atoms with Gasteiger partial charge in [-0.1, -0.05) is 13.0 Å².